The minimum Gasteiger partial charge on any atom is -0.322 e. The zero-order valence-electron chi connectivity index (χ0n) is 13.1. The molecule has 1 aromatic carbocycles. The molecule has 2 aromatic heterocycles. The second kappa shape index (κ2) is 6.65. The predicted octanol–water partition coefficient (Wildman–Crippen LogP) is 4.86. The fourth-order valence-corrected chi connectivity index (χ4v) is 5.37. The van der Waals surface area contributed by atoms with Crippen LogP contribution in [-0.4, -0.2) is 16.2 Å². The molecule has 1 aliphatic rings. The standard InChI is InChI=1S/C18H14F2N2OS2/c19-11-7-12(20)9-13(8-11)21-17(23)16-14-3-6-24-10-15(14)25-18(16)22-4-1-2-5-22/h1-2,4-5,7-9H,3,6,10H2,(H,21,23). The Balaban J connectivity index is 1.75. The van der Waals surface area contributed by atoms with Crippen molar-refractivity contribution in [1.29, 1.82) is 0 Å². The van der Waals surface area contributed by atoms with Crippen LogP contribution in [0.15, 0.2) is 42.7 Å². The van der Waals surface area contributed by atoms with Gasteiger partial charge in [-0.05, 0) is 42.0 Å². The SMILES string of the molecule is O=C(Nc1cc(F)cc(F)c1)c1c(-n2cccc2)sc2c1CCSC2. The van der Waals surface area contributed by atoms with E-state index in [-0.39, 0.29) is 11.6 Å². The largest absolute Gasteiger partial charge is 0.322 e. The minimum atomic E-state index is -0.718. The van der Waals surface area contributed by atoms with Crippen LogP contribution in [0.1, 0.15) is 20.8 Å². The number of halogens is 2. The highest BCUT2D eigenvalue weighted by Crippen LogP contribution is 2.38. The number of nitrogens with one attached hydrogen (secondary N) is 1. The van der Waals surface area contributed by atoms with E-state index in [9.17, 15) is 13.6 Å². The number of thioether (sulfide) groups is 1. The van der Waals surface area contributed by atoms with Crippen LogP contribution < -0.4 is 5.32 Å². The van der Waals surface area contributed by atoms with Crippen LogP contribution in [0.2, 0.25) is 0 Å². The van der Waals surface area contributed by atoms with Crippen LogP contribution in [0.3, 0.4) is 0 Å². The Bertz CT molecular complexity index is 915. The molecule has 1 N–H and O–H groups in total. The van der Waals surface area contributed by atoms with Gasteiger partial charge in [-0.25, -0.2) is 8.78 Å². The van der Waals surface area contributed by atoms with Crippen LogP contribution in [0.5, 0.6) is 0 Å². The first-order valence-corrected chi connectivity index (χ1v) is 9.72. The zero-order valence-corrected chi connectivity index (χ0v) is 14.7. The number of rotatable bonds is 3. The van der Waals surface area contributed by atoms with Gasteiger partial charge in [-0.3, -0.25) is 4.79 Å². The van der Waals surface area contributed by atoms with E-state index in [4.69, 9.17) is 0 Å². The monoisotopic (exact) mass is 376 g/mol. The number of amides is 1. The number of hydrogen-bond donors (Lipinski definition) is 1. The lowest BCUT2D eigenvalue weighted by Crippen LogP contribution is -2.17. The van der Waals surface area contributed by atoms with Crippen molar-refractivity contribution in [3.63, 3.8) is 0 Å². The van der Waals surface area contributed by atoms with Crippen LogP contribution in [0.25, 0.3) is 5.00 Å². The highest BCUT2D eigenvalue weighted by Gasteiger charge is 2.26. The molecule has 0 atom stereocenters. The van der Waals surface area contributed by atoms with Gasteiger partial charge in [0.25, 0.3) is 5.91 Å². The topological polar surface area (TPSA) is 34.0 Å². The quantitative estimate of drug-likeness (QED) is 0.708. The molecule has 1 aliphatic heterocycles. The summed E-state index contributed by atoms with van der Waals surface area (Å²) in [6.07, 6.45) is 4.60. The number of aromatic nitrogens is 1. The zero-order chi connectivity index (χ0) is 17.4. The summed E-state index contributed by atoms with van der Waals surface area (Å²) in [5, 5.41) is 3.49. The van der Waals surface area contributed by atoms with Gasteiger partial charge >= 0.3 is 0 Å². The molecule has 0 saturated heterocycles. The van der Waals surface area contributed by atoms with Gasteiger partial charge in [-0.2, -0.15) is 11.8 Å². The first-order chi connectivity index (χ1) is 12.1. The molecule has 0 aliphatic carbocycles. The Labute approximate surface area is 151 Å². The van der Waals surface area contributed by atoms with Gasteiger partial charge < -0.3 is 9.88 Å². The van der Waals surface area contributed by atoms with E-state index in [1.807, 2.05) is 40.9 Å². The summed E-state index contributed by atoms with van der Waals surface area (Å²) in [6, 6.07) is 6.81. The van der Waals surface area contributed by atoms with Gasteiger partial charge in [0.2, 0.25) is 0 Å². The van der Waals surface area contributed by atoms with E-state index in [0.29, 0.717) is 5.56 Å². The van der Waals surface area contributed by atoms with E-state index in [1.54, 1.807) is 11.3 Å². The van der Waals surface area contributed by atoms with E-state index < -0.39 is 11.6 Å². The first-order valence-electron chi connectivity index (χ1n) is 7.75. The normalized spacial score (nSPS) is 13.5. The lowest BCUT2D eigenvalue weighted by molar-refractivity contribution is 0.102. The summed E-state index contributed by atoms with van der Waals surface area (Å²) < 4.78 is 28.7. The lowest BCUT2D eigenvalue weighted by atomic mass is 10.1. The number of hydrogen-bond acceptors (Lipinski definition) is 3. The molecule has 1 amide bonds. The molecule has 0 bridgehead atoms. The van der Waals surface area contributed by atoms with Crippen molar-refractivity contribution < 1.29 is 13.6 Å². The maximum atomic E-state index is 13.4. The molecule has 0 unspecified atom stereocenters. The third-order valence-electron chi connectivity index (χ3n) is 3.99. The molecule has 0 radical (unpaired) electrons. The lowest BCUT2D eigenvalue weighted by Gasteiger charge is -2.13. The van der Waals surface area contributed by atoms with Crippen LogP contribution in [0.4, 0.5) is 14.5 Å². The van der Waals surface area contributed by atoms with Crippen molar-refractivity contribution in [3.05, 3.63) is 70.4 Å². The predicted molar refractivity (Wildman–Crippen MR) is 97.8 cm³/mol. The van der Waals surface area contributed by atoms with E-state index in [1.165, 1.54) is 4.88 Å². The number of carbonyl (C=O) groups is 1. The van der Waals surface area contributed by atoms with Gasteiger partial charge in [-0.1, -0.05) is 0 Å². The molecule has 0 fully saturated rings. The average Bonchev–Trinajstić information content (AvgIpc) is 3.21. The van der Waals surface area contributed by atoms with E-state index >= 15 is 0 Å². The van der Waals surface area contributed by atoms with Crippen molar-refractivity contribution in [2.75, 3.05) is 11.1 Å². The Morgan fingerprint density at radius 1 is 1.12 bits per heavy atom. The summed E-state index contributed by atoms with van der Waals surface area (Å²) in [4.78, 5) is 14.1. The number of carbonyl (C=O) groups excluding carboxylic acids is 1. The molecule has 25 heavy (non-hydrogen) atoms. The number of anilines is 1. The van der Waals surface area contributed by atoms with Crippen molar-refractivity contribution in [2.45, 2.75) is 12.2 Å². The number of nitrogens with zero attached hydrogens (tertiary/aromatic N) is 1. The third kappa shape index (κ3) is 3.21. The Morgan fingerprint density at radius 3 is 2.56 bits per heavy atom. The molecule has 3 nitrogen and oxygen atoms in total. The third-order valence-corrected chi connectivity index (χ3v) is 6.40. The molecule has 3 aromatic rings. The smallest absolute Gasteiger partial charge is 0.258 e. The molecular formula is C18H14F2N2OS2. The Morgan fingerprint density at radius 2 is 1.84 bits per heavy atom. The molecule has 7 heteroatoms. The average molecular weight is 376 g/mol. The molecule has 0 spiro atoms. The van der Waals surface area contributed by atoms with Gasteiger partial charge in [0, 0.05) is 34.8 Å². The summed E-state index contributed by atoms with van der Waals surface area (Å²) in [7, 11) is 0. The maximum Gasteiger partial charge on any atom is 0.258 e. The van der Waals surface area contributed by atoms with Crippen molar-refractivity contribution in [2.24, 2.45) is 0 Å². The van der Waals surface area contributed by atoms with Gasteiger partial charge in [0.15, 0.2) is 0 Å². The molecule has 3 heterocycles. The van der Waals surface area contributed by atoms with Crippen LogP contribution in [0, 0.1) is 11.6 Å². The fraction of sp³-hybridized carbons (Fsp3) is 0.167. The van der Waals surface area contributed by atoms with Crippen molar-refractivity contribution in [3.8, 4) is 5.00 Å². The highest BCUT2D eigenvalue weighted by molar-refractivity contribution is 7.98. The maximum absolute atomic E-state index is 13.4. The van der Waals surface area contributed by atoms with Gasteiger partial charge in [-0.15, -0.1) is 11.3 Å². The number of fused-ring (bicyclic) bond motifs is 1. The number of thiophene rings is 1. The fourth-order valence-electron chi connectivity index (χ4n) is 2.92. The van der Waals surface area contributed by atoms with Gasteiger partial charge in [0.05, 0.1) is 5.56 Å². The van der Waals surface area contributed by atoms with Crippen LogP contribution in [-0.2, 0) is 12.2 Å². The van der Waals surface area contributed by atoms with E-state index in [2.05, 4.69) is 5.32 Å². The van der Waals surface area contributed by atoms with Crippen molar-refractivity contribution >= 4 is 34.7 Å². The number of benzene rings is 1. The summed E-state index contributed by atoms with van der Waals surface area (Å²) in [5.74, 6) is 0.0762. The highest BCUT2D eigenvalue weighted by atomic mass is 32.2. The van der Waals surface area contributed by atoms with E-state index in [0.717, 1.165) is 46.7 Å². The van der Waals surface area contributed by atoms with Crippen LogP contribution >= 0.6 is 23.1 Å². The van der Waals surface area contributed by atoms with Gasteiger partial charge in [0.1, 0.15) is 16.6 Å². The summed E-state index contributed by atoms with van der Waals surface area (Å²) in [5.41, 5.74) is 1.76. The molecule has 4 rings (SSSR count). The molecular weight excluding hydrogens is 362 g/mol. The Kier molecular flexibility index (Phi) is 4.35. The molecule has 0 saturated carbocycles. The summed E-state index contributed by atoms with van der Waals surface area (Å²) >= 11 is 3.44. The summed E-state index contributed by atoms with van der Waals surface area (Å²) in [6.45, 7) is 0. The minimum absolute atomic E-state index is 0.117. The van der Waals surface area contributed by atoms with Crippen molar-refractivity contribution in [1.82, 2.24) is 4.57 Å². The second-order valence-corrected chi connectivity index (χ2v) is 7.88. The Hall–Kier alpha value is -2.12. The molecule has 128 valence electrons. The first kappa shape index (κ1) is 16.4. The second-order valence-electron chi connectivity index (χ2n) is 5.69.